The maximum Gasteiger partial charge on any atom is 0.227 e. The Morgan fingerprint density at radius 1 is 1.53 bits per heavy atom. The molecule has 0 aliphatic carbocycles. The van der Waals surface area contributed by atoms with Crippen LogP contribution < -0.4 is 10.6 Å². The lowest BCUT2D eigenvalue weighted by molar-refractivity contribution is -0.123. The maximum atomic E-state index is 12.3. The van der Waals surface area contributed by atoms with Crippen LogP contribution >= 0.6 is 0 Å². The van der Waals surface area contributed by atoms with E-state index in [1.165, 1.54) is 0 Å². The highest BCUT2D eigenvalue weighted by Gasteiger charge is 2.29. The van der Waals surface area contributed by atoms with Crippen molar-refractivity contribution in [3.05, 3.63) is 29.8 Å². The second kappa shape index (κ2) is 6.06. The van der Waals surface area contributed by atoms with Crippen LogP contribution in [0.2, 0.25) is 0 Å². The number of fused-ring (bicyclic) bond motifs is 1. The van der Waals surface area contributed by atoms with Crippen molar-refractivity contribution in [2.24, 2.45) is 0 Å². The van der Waals surface area contributed by atoms with Crippen LogP contribution in [0, 0.1) is 0 Å². The minimum Gasteiger partial charge on any atom is -0.382 e. The molecule has 2 rings (SSSR count). The summed E-state index contributed by atoms with van der Waals surface area (Å²) in [5, 5.41) is 6.39. The van der Waals surface area contributed by atoms with E-state index in [0.29, 0.717) is 12.6 Å². The monoisotopic (exact) mass is 262 g/mol. The van der Waals surface area contributed by atoms with E-state index < -0.39 is 0 Å². The van der Waals surface area contributed by atoms with Gasteiger partial charge in [-0.1, -0.05) is 18.2 Å². The van der Waals surface area contributed by atoms with Gasteiger partial charge in [-0.05, 0) is 31.9 Å². The minimum atomic E-state index is -0.0727. The Balaban J connectivity index is 2.09. The summed E-state index contributed by atoms with van der Waals surface area (Å²) in [6.07, 6.45) is 0.864. The second-order valence-corrected chi connectivity index (χ2v) is 5.21. The van der Waals surface area contributed by atoms with Gasteiger partial charge in [0.05, 0.1) is 12.0 Å². The number of carbonyl (C=O) groups is 1. The average molecular weight is 262 g/mol. The third-order valence-corrected chi connectivity index (χ3v) is 3.61. The highest BCUT2D eigenvalue weighted by molar-refractivity contribution is 5.86. The van der Waals surface area contributed by atoms with Crippen LogP contribution in [-0.2, 0) is 9.53 Å². The van der Waals surface area contributed by atoms with E-state index in [0.717, 1.165) is 17.7 Å². The van der Waals surface area contributed by atoms with Crippen molar-refractivity contribution in [2.75, 3.05) is 19.0 Å². The van der Waals surface area contributed by atoms with E-state index in [9.17, 15) is 4.79 Å². The van der Waals surface area contributed by atoms with Crippen LogP contribution in [0.5, 0.6) is 0 Å². The summed E-state index contributed by atoms with van der Waals surface area (Å²) in [7, 11) is 1.65. The lowest BCUT2D eigenvalue weighted by Crippen LogP contribution is -2.38. The molecular formula is C15H22N2O2. The molecule has 4 heteroatoms. The lowest BCUT2D eigenvalue weighted by atomic mass is 9.87. The lowest BCUT2D eigenvalue weighted by Gasteiger charge is -2.30. The molecule has 19 heavy (non-hydrogen) atoms. The summed E-state index contributed by atoms with van der Waals surface area (Å²) in [6, 6.07) is 8.34. The summed E-state index contributed by atoms with van der Waals surface area (Å²) in [5.74, 6) is 0.0150. The third-order valence-electron chi connectivity index (χ3n) is 3.61. The van der Waals surface area contributed by atoms with Crippen molar-refractivity contribution in [1.82, 2.24) is 5.32 Å². The molecule has 1 aromatic carbocycles. The average Bonchev–Trinajstić information content (AvgIpc) is 2.43. The molecule has 3 atom stereocenters. The first-order valence-corrected chi connectivity index (χ1v) is 6.77. The Kier molecular flexibility index (Phi) is 4.43. The highest BCUT2D eigenvalue weighted by atomic mass is 16.5. The van der Waals surface area contributed by atoms with Gasteiger partial charge in [0.1, 0.15) is 0 Å². The largest absolute Gasteiger partial charge is 0.382 e. The molecule has 0 spiro atoms. The van der Waals surface area contributed by atoms with E-state index in [4.69, 9.17) is 4.74 Å². The van der Waals surface area contributed by atoms with Crippen molar-refractivity contribution in [3.63, 3.8) is 0 Å². The Labute approximate surface area is 114 Å². The number of rotatable bonds is 4. The molecule has 3 unspecified atom stereocenters. The summed E-state index contributed by atoms with van der Waals surface area (Å²) < 4.78 is 5.15. The summed E-state index contributed by atoms with van der Waals surface area (Å²) >= 11 is 0. The van der Waals surface area contributed by atoms with Crippen LogP contribution in [-0.4, -0.2) is 31.7 Å². The highest BCUT2D eigenvalue weighted by Crippen LogP contribution is 2.33. The molecule has 1 heterocycles. The Morgan fingerprint density at radius 2 is 2.26 bits per heavy atom. The minimum absolute atomic E-state index is 0.0401. The van der Waals surface area contributed by atoms with E-state index in [1.54, 1.807) is 7.11 Å². The first kappa shape index (κ1) is 13.9. The second-order valence-electron chi connectivity index (χ2n) is 5.21. The zero-order valence-corrected chi connectivity index (χ0v) is 11.8. The Morgan fingerprint density at radius 3 is 3.00 bits per heavy atom. The molecule has 1 aliphatic heterocycles. The summed E-state index contributed by atoms with van der Waals surface area (Å²) in [6.45, 7) is 4.60. The van der Waals surface area contributed by atoms with Crippen LogP contribution in [0.25, 0.3) is 0 Å². The molecule has 0 bridgehead atoms. The van der Waals surface area contributed by atoms with Gasteiger partial charge in [-0.15, -0.1) is 0 Å². The number of benzene rings is 1. The fourth-order valence-corrected chi connectivity index (χ4v) is 2.44. The SMILES string of the molecule is COC(C)CNC(=O)C1CC(C)Nc2ccccc21. The Bertz CT molecular complexity index is 448. The molecule has 4 nitrogen and oxygen atoms in total. The van der Waals surface area contributed by atoms with Gasteiger partial charge >= 0.3 is 0 Å². The topological polar surface area (TPSA) is 50.4 Å². The molecular weight excluding hydrogens is 240 g/mol. The normalized spacial score (nSPS) is 23.1. The quantitative estimate of drug-likeness (QED) is 0.874. The Hall–Kier alpha value is -1.55. The predicted molar refractivity (Wildman–Crippen MR) is 76.4 cm³/mol. The number of ether oxygens (including phenoxy) is 1. The van der Waals surface area contributed by atoms with Gasteiger partial charge < -0.3 is 15.4 Å². The van der Waals surface area contributed by atoms with E-state index in [1.807, 2.05) is 31.2 Å². The number of anilines is 1. The van der Waals surface area contributed by atoms with Gasteiger partial charge in [-0.2, -0.15) is 0 Å². The van der Waals surface area contributed by atoms with Crippen molar-refractivity contribution >= 4 is 11.6 Å². The van der Waals surface area contributed by atoms with Crippen LogP contribution in [0.4, 0.5) is 5.69 Å². The first-order valence-electron chi connectivity index (χ1n) is 6.77. The number of nitrogens with one attached hydrogen (secondary N) is 2. The van der Waals surface area contributed by atoms with Crippen molar-refractivity contribution in [3.8, 4) is 0 Å². The number of para-hydroxylation sites is 1. The molecule has 2 N–H and O–H groups in total. The first-order chi connectivity index (χ1) is 9.11. The molecule has 1 aliphatic rings. The third kappa shape index (κ3) is 3.26. The van der Waals surface area contributed by atoms with E-state index >= 15 is 0 Å². The number of amides is 1. The summed E-state index contributed by atoms with van der Waals surface area (Å²) in [5.41, 5.74) is 2.16. The van der Waals surface area contributed by atoms with Gasteiger partial charge in [0.2, 0.25) is 5.91 Å². The number of hydrogen-bond donors (Lipinski definition) is 2. The molecule has 1 aromatic rings. The molecule has 0 radical (unpaired) electrons. The standard InChI is InChI=1S/C15H22N2O2/c1-10-8-13(15(18)16-9-11(2)19-3)12-6-4-5-7-14(12)17-10/h4-7,10-11,13,17H,8-9H2,1-3H3,(H,16,18). The molecule has 0 fully saturated rings. The molecule has 0 aromatic heterocycles. The molecule has 104 valence electrons. The number of hydrogen-bond acceptors (Lipinski definition) is 3. The number of carbonyl (C=O) groups excluding carboxylic acids is 1. The van der Waals surface area contributed by atoms with Gasteiger partial charge in [0, 0.05) is 25.4 Å². The van der Waals surface area contributed by atoms with Gasteiger partial charge in [-0.3, -0.25) is 4.79 Å². The van der Waals surface area contributed by atoms with Crippen molar-refractivity contribution in [2.45, 2.75) is 38.3 Å². The van der Waals surface area contributed by atoms with Gasteiger partial charge in [0.15, 0.2) is 0 Å². The van der Waals surface area contributed by atoms with Gasteiger partial charge in [0.25, 0.3) is 0 Å². The molecule has 1 amide bonds. The van der Waals surface area contributed by atoms with E-state index in [-0.39, 0.29) is 17.9 Å². The van der Waals surface area contributed by atoms with Crippen LogP contribution in [0.15, 0.2) is 24.3 Å². The molecule has 0 saturated heterocycles. The van der Waals surface area contributed by atoms with Crippen molar-refractivity contribution < 1.29 is 9.53 Å². The fourth-order valence-electron chi connectivity index (χ4n) is 2.44. The smallest absolute Gasteiger partial charge is 0.227 e. The predicted octanol–water partition coefficient (Wildman–Crippen LogP) is 2.13. The van der Waals surface area contributed by atoms with Crippen LogP contribution in [0.1, 0.15) is 31.7 Å². The fraction of sp³-hybridized carbons (Fsp3) is 0.533. The van der Waals surface area contributed by atoms with Crippen LogP contribution in [0.3, 0.4) is 0 Å². The van der Waals surface area contributed by atoms with E-state index in [2.05, 4.69) is 17.6 Å². The molecule has 0 saturated carbocycles. The zero-order valence-electron chi connectivity index (χ0n) is 11.8. The zero-order chi connectivity index (χ0) is 13.8. The summed E-state index contributed by atoms with van der Waals surface area (Å²) in [4.78, 5) is 12.3. The maximum absolute atomic E-state index is 12.3. The number of methoxy groups -OCH3 is 1. The van der Waals surface area contributed by atoms with Gasteiger partial charge in [-0.25, -0.2) is 0 Å². The van der Waals surface area contributed by atoms with Crippen molar-refractivity contribution in [1.29, 1.82) is 0 Å².